The maximum absolute atomic E-state index is 9.68. The topological polar surface area (TPSA) is 89.6 Å². The van der Waals surface area contributed by atoms with Crippen LogP contribution in [0.4, 0.5) is 0 Å². The highest BCUT2D eigenvalue weighted by Gasteiger charge is 2.06. The van der Waals surface area contributed by atoms with E-state index in [9.17, 15) is 5.11 Å². The Morgan fingerprint density at radius 3 is 2.80 bits per heavy atom. The Morgan fingerprint density at radius 2 is 2.10 bits per heavy atom. The molecule has 7 heteroatoms. The maximum Gasteiger partial charge on any atom is 0.223 e. The van der Waals surface area contributed by atoms with E-state index in [1.54, 1.807) is 6.92 Å². The van der Waals surface area contributed by atoms with Crippen molar-refractivity contribution in [1.82, 2.24) is 15.5 Å². The molecule has 0 radical (unpaired) electrons. The second kappa shape index (κ2) is 10.7. The normalized spacial score (nSPS) is 12.8. The molecule has 0 aliphatic carbocycles. The van der Waals surface area contributed by atoms with Crippen LogP contribution in [0.5, 0.6) is 0 Å². The third-order valence-corrected chi connectivity index (χ3v) is 2.56. The van der Waals surface area contributed by atoms with Crippen LogP contribution in [-0.2, 0) is 16.0 Å². The smallest absolute Gasteiger partial charge is 0.223 e. The van der Waals surface area contributed by atoms with Crippen LogP contribution in [0.2, 0.25) is 0 Å². The van der Waals surface area contributed by atoms with Crippen molar-refractivity contribution in [2.75, 3.05) is 33.0 Å². The fourth-order valence-corrected chi connectivity index (χ4v) is 1.51. The molecule has 116 valence electrons. The Bertz CT molecular complexity index is 346. The van der Waals surface area contributed by atoms with Crippen LogP contribution in [0.1, 0.15) is 31.5 Å². The maximum atomic E-state index is 9.68. The minimum atomic E-state index is -0.557. The van der Waals surface area contributed by atoms with E-state index in [2.05, 4.69) is 22.4 Å². The largest absolute Gasteiger partial charge is 0.389 e. The van der Waals surface area contributed by atoms with Gasteiger partial charge in [-0.2, -0.15) is 4.98 Å². The van der Waals surface area contributed by atoms with Crippen molar-refractivity contribution in [2.24, 2.45) is 0 Å². The summed E-state index contributed by atoms with van der Waals surface area (Å²) in [6, 6.07) is 0. The Balaban J connectivity index is 1.91. The predicted molar refractivity (Wildman–Crippen MR) is 73.3 cm³/mol. The molecule has 2 N–H and O–H groups in total. The molecule has 20 heavy (non-hydrogen) atoms. The van der Waals surface area contributed by atoms with E-state index in [1.807, 2.05) is 0 Å². The lowest BCUT2D eigenvalue weighted by molar-refractivity contribution is 0.00380. The molecule has 1 aromatic rings. The van der Waals surface area contributed by atoms with Gasteiger partial charge in [0, 0.05) is 20.1 Å². The number of aliphatic hydroxyl groups excluding tert-OH is 1. The molecule has 1 atom stereocenters. The summed E-state index contributed by atoms with van der Waals surface area (Å²) in [4.78, 5) is 4.05. The van der Waals surface area contributed by atoms with Gasteiger partial charge < -0.3 is 24.4 Å². The molecule has 0 saturated heterocycles. The van der Waals surface area contributed by atoms with Gasteiger partial charge in [0.2, 0.25) is 5.89 Å². The van der Waals surface area contributed by atoms with Crippen molar-refractivity contribution < 1.29 is 19.1 Å². The summed E-state index contributed by atoms with van der Waals surface area (Å²) in [6.07, 6.45) is 1.64. The summed E-state index contributed by atoms with van der Waals surface area (Å²) in [5.41, 5.74) is 0. The van der Waals surface area contributed by atoms with Gasteiger partial charge in [-0.15, -0.1) is 0 Å². The molecule has 0 saturated carbocycles. The molecule has 7 nitrogen and oxygen atoms in total. The first-order valence-corrected chi connectivity index (χ1v) is 7.05. The third-order valence-electron chi connectivity index (χ3n) is 2.56. The lowest BCUT2D eigenvalue weighted by atomic mass is 10.3. The molecule has 1 unspecified atom stereocenters. The van der Waals surface area contributed by atoms with Gasteiger partial charge in [-0.25, -0.2) is 0 Å². The summed E-state index contributed by atoms with van der Waals surface area (Å²) in [5.74, 6) is 1.12. The zero-order valence-corrected chi connectivity index (χ0v) is 12.3. The zero-order valence-electron chi connectivity index (χ0n) is 12.3. The number of nitrogens with one attached hydrogen (secondary N) is 1. The highest BCUT2D eigenvalue weighted by molar-refractivity contribution is 4.82. The van der Waals surface area contributed by atoms with Crippen LogP contribution in [0.15, 0.2) is 4.52 Å². The van der Waals surface area contributed by atoms with Crippen LogP contribution in [0, 0.1) is 6.92 Å². The molecule has 0 aliphatic heterocycles. The molecule has 1 rings (SSSR count). The molecule has 0 bridgehead atoms. The second-order valence-electron chi connectivity index (χ2n) is 4.56. The van der Waals surface area contributed by atoms with Crippen LogP contribution >= 0.6 is 0 Å². The van der Waals surface area contributed by atoms with Gasteiger partial charge in [0.05, 0.1) is 32.5 Å². The molecular formula is C13H25N3O4. The van der Waals surface area contributed by atoms with Crippen molar-refractivity contribution in [2.45, 2.75) is 39.3 Å². The van der Waals surface area contributed by atoms with Crippen molar-refractivity contribution in [1.29, 1.82) is 0 Å². The van der Waals surface area contributed by atoms with E-state index < -0.39 is 6.10 Å². The van der Waals surface area contributed by atoms with Crippen molar-refractivity contribution in [3.8, 4) is 0 Å². The van der Waals surface area contributed by atoms with Crippen LogP contribution < -0.4 is 5.32 Å². The highest BCUT2D eigenvalue weighted by atomic mass is 16.5. The second-order valence-corrected chi connectivity index (χ2v) is 4.56. The van der Waals surface area contributed by atoms with Gasteiger partial charge in [-0.05, 0) is 6.42 Å². The lowest BCUT2D eigenvalue weighted by Gasteiger charge is -2.11. The molecule has 0 aromatic carbocycles. The number of aromatic nitrogens is 2. The summed E-state index contributed by atoms with van der Waals surface area (Å²) < 4.78 is 15.5. The van der Waals surface area contributed by atoms with Gasteiger partial charge in [0.25, 0.3) is 0 Å². The van der Waals surface area contributed by atoms with Crippen molar-refractivity contribution >= 4 is 0 Å². The predicted octanol–water partition coefficient (Wildman–Crippen LogP) is 0.662. The monoisotopic (exact) mass is 287 g/mol. The van der Waals surface area contributed by atoms with Gasteiger partial charge in [-0.3, -0.25) is 0 Å². The summed E-state index contributed by atoms with van der Waals surface area (Å²) >= 11 is 0. The number of aryl methyl sites for hydroxylation is 1. The average Bonchev–Trinajstić information content (AvgIpc) is 2.83. The van der Waals surface area contributed by atoms with Gasteiger partial charge in [0.15, 0.2) is 5.82 Å². The van der Waals surface area contributed by atoms with E-state index in [4.69, 9.17) is 14.0 Å². The highest BCUT2D eigenvalue weighted by Crippen LogP contribution is 1.94. The van der Waals surface area contributed by atoms with E-state index in [0.29, 0.717) is 38.0 Å². The summed E-state index contributed by atoms with van der Waals surface area (Å²) in [7, 11) is 0. The molecule has 0 fully saturated rings. The van der Waals surface area contributed by atoms with Gasteiger partial charge in [0.1, 0.15) is 0 Å². The number of nitrogens with zero attached hydrogens (tertiary/aromatic N) is 2. The Labute approximate surface area is 119 Å². The number of unbranched alkanes of at least 4 members (excludes halogenated alkanes) is 1. The minimum absolute atomic E-state index is 0.287. The summed E-state index contributed by atoms with van der Waals surface area (Å²) in [6.45, 7) is 6.89. The van der Waals surface area contributed by atoms with Gasteiger partial charge >= 0.3 is 0 Å². The average molecular weight is 287 g/mol. The zero-order chi connectivity index (χ0) is 14.6. The van der Waals surface area contributed by atoms with Crippen LogP contribution in [-0.4, -0.2) is 54.3 Å². The number of hydrogen-bond donors (Lipinski definition) is 2. The Morgan fingerprint density at radius 1 is 1.30 bits per heavy atom. The number of rotatable bonds is 12. The molecule has 0 aliphatic rings. The number of aliphatic hydroxyl groups is 1. The molecular weight excluding hydrogens is 262 g/mol. The van der Waals surface area contributed by atoms with E-state index in [0.717, 1.165) is 19.4 Å². The first-order valence-electron chi connectivity index (χ1n) is 7.05. The first-order chi connectivity index (χ1) is 9.72. The number of ether oxygens (including phenoxy) is 2. The molecule has 0 amide bonds. The standard InChI is InChI=1S/C13H25N3O4/c1-3-4-5-18-6-7-19-10-12(17)8-14-9-13-15-11(2)20-16-13/h12,14,17H,3-10H2,1-2H3. The summed E-state index contributed by atoms with van der Waals surface area (Å²) in [5, 5.41) is 16.5. The first kappa shape index (κ1) is 17.0. The molecule has 0 spiro atoms. The van der Waals surface area contributed by atoms with E-state index in [-0.39, 0.29) is 6.61 Å². The van der Waals surface area contributed by atoms with Gasteiger partial charge in [-0.1, -0.05) is 18.5 Å². The van der Waals surface area contributed by atoms with Crippen molar-refractivity contribution in [3.05, 3.63) is 11.7 Å². The Hall–Kier alpha value is -1.02. The van der Waals surface area contributed by atoms with Crippen LogP contribution in [0.25, 0.3) is 0 Å². The van der Waals surface area contributed by atoms with E-state index >= 15 is 0 Å². The quantitative estimate of drug-likeness (QED) is 0.546. The SMILES string of the molecule is CCCCOCCOCC(O)CNCc1noc(C)n1. The van der Waals surface area contributed by atoms with Crippen LogP contribution in [0.3, 0.4) is 0 Å². The fourth-order valence-electron chi connectivity index (χ4n) is 1.51. The third kappa shape index (κ3) is 8.21. The molecule has 1 heterocycles. The van der Waals surface area contributed by atoms with E-state index in [1.165, 1.54) is 0 Å². The lowest BCUT2D eigenvalue weighted by Crippen LogP contribution is -2.30. The number of hydrogen-bond acceptors (Lipinski definition) is 7. The fraction of sp³-hybridized carbons (Fsp3) is 0.846. The minimum Gasteiger partial charge on any atom is -0.389 e. The van der Waals surface area contributed by atoms with Crippen molar-refractivity contribution in [3.63, 3.8) is 0 Å². The Kier molecular flexibility index (Phi) is 9.14. The molecule has 1 aromatic heterocycles.